The van der Waals surface area contributed by atoms with Crippen LogP contribution in [-0.4, -0.2) is 20.6 Å². The van der Waals surface area contributed by atoms with Gasteiger partial charge in [-0.25, -0.2) is 9.89 Å². The Morgan fingerprint density at radius 3 is 3.00 bits per heavy atom. The van der Waals surface area contributed by atoms with Gasteiger partial charge in [0.1, 0.15) is 5.84 Å². The number of amidine groups is 1. The summed E-state index contributed by atoms with van der Waals surface area (Å²) in [6.07, 6.45) is 0. The van der Waals surface area contributed by atoms with Crippen molar-refractivity contribution >= 4 is 29.2 Å². The zero-order valence-corrected chi connectivity index (χ0v) is 11.7. The highest BCUT2D eigenvalue weighted by atomic mass is 35.5. The van der Waals surface area contributed by atoms with E-state index in [1.807, 2.05) is 6.92 Å². The molecule has 8 heteroatoms. The van der Waals surface area contributed by atoms with E-state index in [1.54, 1.807) is 18.2 Å². The zero-order chi connectivity index (χ0) is 14.0. The number of rotatable bonds is 4. The Kier molecular flexibility index (Phi) is 3.96. The van der Waals surface area contributed by atoms with Crippen molar-refractivity contribution in [3.63, 3.8) is 0 Å². The fraction of sp³-hybridized carbons (Fsp3) is 0.182. The Labute approximate surface area is 118 Å². The molecule has 6 nitrogen and oxygen atoms in total. The Hall–Kier alpha value is -1.73. The van der Waals surface area contributed by atoms with Crippen LogP contribution in [0.3, 0.4) is 0 Å². The minimum Gasteiger partial charge on any atom is -0.384 e. The molecule has 0 aliphatic heterocycles. The largest absolute Gasteiger partial charge is 0.384 e. The Morgan fingerprint density at radius 1 is 1.63 bits per heavy atom. The molecule has 100 valence electrons. The molecule has 0 aliphatic rings. The lowest BCUT2D eigenvalue weighted by Gasteiger charge is -2.09. The van der Waals surface area contributed by atoms with Crippen LogP contribution < -0.4 is 11.4 Å². The molecule has 0 unspecified atom stereocenters. The molecule has 1 aromatic heterocycles. The van der Waals surface area contributed by atoms with E-state index in [2.05, 4.69) is 10.2 Å². The van der Waals surface area contributed by atoms with Gasteiger partial charge < -0.3 is 5.73 Å². The number of hydrogen-bond acceptors (Lipinski definition) is 4. The molecule has 1 aromatic carbocycles. The van der Waals surface area contributed by atoms with Gasteiger partial charge in [0, 0.05) is 17.0 Å². The molecule has 0 bridgehead atoms. The zero-order valence-electron chi connectivity index (χ0n) is 10.1. The molecule has 4 N–H and O–H groups in total. The molecule has 0 atom stereocenters. The first kappa shape index (κ1) is 13.7. The van der Waals surface area contributed by atoms with Crippen molar-refractivity contribution in [2.75, 3.05) is 0 Å². The van der Waals surface area contributed by atoms with Crippen LogP contribution in [-0.2, 0) is 6.54 Å². The topological polar surface area (TPSA) is 101 Å². The predicted molar refractivity (Wildman–Crippen MR) is 75.1 cm³/mol. The molecule has 2 rings (SSSR count). The minimum absolute atomic E-state index is 0.117. The number of nitrogens with two attached hydrogens (primary N) is 1. The van der Waals surface area contributed by atoms with Gasteiger partial charge in [-0.3, -0.25) is 9.98 Å². The lowest BCUT2D eigenvalue weighted by Crippen LogP contribution is -2.16. The first-order valence-corrected chi connectivity index (χ1v) is 6.70. The van der Waals surface area contributed by atoms with Crippen LogP contribution in [0.25, 0.3) is 0 Å². The maximum absolute atomic E-state index is 11.5. The Bertz CT molecular complexity index is 678. The maximum atomic E-state index is 11.5. The van der Waals surface area contributed by atoms with Crippen LogP contribution in [0.5, 0.6) is 0 Å². The van der Waals surface area contributed by atoms with Crippen molar-refractivity contribution in [1.82, 2.24) is 14.8 Å². The highest BCUT2D eigenvalue weighted by Crippen LogP contribution is 2.31. The molecule has 0 spiro atoms. The van der Waals surface area contributed by atoms with Crippen molar-refractivity contribution in [3.05, 3.63) is 39.3 Å². The van der Waals surface area contributed by atoms with E-state index in [1.165, 1.54) is 16.3 Å². The average molecular weight is 298 g/mol. The normalized spacial score (nSPS) is 10.6. The summed E-state index contributed by atoms with van der Waals surface area (Å²) in [6.45, 7) is 2.36. The molecule has 0 aliphatic carbocycles. The number of hydrogen-bond donors (Lipinski definition) is 3. The Balaban J connectivity index is 2.47. The van der Waals surface area contributed by atoms with Gasteiger partial charge >= 0.3 is 5.69 Å². The van der Waals surface area contributed by atoms with Crippen LogP contribution in [0, 0.1) is 5.41 Å². The number of nitrogens with one attached hydrogen (secondary N) is 2. The third kappa shape index (κ3) is 2.66. The molecule has 0 saturated carbocycles. The standard InChI is InChI=1S/C11H12ClN5OS/c1-2-17-10(18)15-16-11(17)19-7-5-3-4-6(12)8(7)9(13)14/h3-5H,2H2,1H3,(H3,13,14)(H,15,18). The summed E-state index contributed by atoms with van der Waals surface area (Å²) in [5, 5.41) is 14.8. The summed E-state index contributed by atoms with van der Waals surface area (Å²) in [5.74, 6) is -0.117. The van der Waals surface area contributed by atoms with Crippen molar-refractivity contribution in [1.29, 1.82) is 5.41 Å². The van der Waals surface area contributed by atoms with E-state index in [0.717, 1.165) is 0 Å². The van der Waals surface area contributed by atoms with E-state index in [-0.39, 0.29) is 11.5 Å². The van der Waals surface area contributed by atoms with Gasteiger partial charge in [-0.1, -0.05) is 17.7 Å². The SMILES string of the molecule is CCn1c(Sc2cccc(Cl)c2C(=N)N)n[nH]c1=O. The summed E-state index contributed by atoms with van der Waals surface area (Å²) in [5.41, 5.74) is 5.72. The quantitative estimate of drug-likeness (QED) is 0.590. The van der Waals surface area contributed by atoms with E-state index in [9.17, 15) is 4.79 Å². The lowest BCUT2D eigenvalue weighted by molar-refractivity contribution is 0.660. The number of aromatic amines is 1. The second-order valence-corrected chi connectivity index (χ2v) is 5.10. The predicted octanol–water partition coefficient (Wildman–Crippen LogP) is 1.68. The molecule has 19 heavy (non-hydrogen) atoms. The molecule has 0 saturated heterocycles. The summed E-state index contributed by atoms with van der Waals surface area (Å²) >= 11 is 7.28. The van der Waals surface area contributed by atoms with Gasteiger partial charge in [-0.2, -0.15) is 0 Å². The van der Waals surface area contributed by atoms with Crippen LogP contribution >= 0.6 is 23.4 Å². The second kappa shape index (κ2) is 5.50. The smallest absolute Gasteiger partial charge is 0.343 e. The van der Waals surface area contributed by atoms with Gasteiger partial charge in [0.2, 0.25) is 0 Å². The molecule has 0 amide bonds. The molecule has 0 radical (unpaired) electrons. The van der Waals surface area contributed by atoms with Crippen LogP contribution in [0.1, 0.15) is 12.5 Å². The van der Waals surface area contributed by atoms with Gasteiger partial charge in [0.25, 0.3) is 0 Å². The molecule has 0 fully saturated rings. The van der Waals surface area contributed by atoms with Gasteiger partial charge in [0.15, 0.2) is 5.16 Å². The summed E-state index contributed by atoms with van der Waals surface area (Å²) in [6, 6.07) is 5.21. The third-order valence-corrected chi connectivity index (χ3v) is 3.85. The van der Waals surface area contributed by atoms with Crippen molar-refractivity contribution in [2.45, 2.75) is 23.5 Å². The summed E-state index contributed by atoms with van der Waals surface area (Å²) in [4.78, 5) is 12.2. The van der Waals surface area contributed by atoms with Gasteiger partial charge in [0.05, 0.1) is 5.02 Å². The first-order valence-electron chi connectivity index (χ1n) is 5.50. The Morgan fingerprint density at radius 2 is 2.37 bits per heavy atom. The van der Waals surface area contributed by atoms with Crippen LogP contribution in [0.2, 0.25) is 5.02 Å². The lowest BCUT2D eigenvalue weighted by atomic mass is 10.2. The van der Waals surface area contributed by atoms with Gasteiger partial charge in [-0.15, -0.1) is 5.10 Å². The number of halogens is 1. The highest BCUT2D eigenvalue weighted by molar-refractivity contribution is 7.99. The second-order valence-electron chi connectivity index (χ2n) is 3.68. The molecular formula is C11H12ClN5OS. The fourth-order valence-corrected chi connectivity index (χ4v) is 3.02. The number of H-pyrrole nitrogens is 1. The van der Waals surface area contributed by atoms with E-state index in [0.29, 0.717) is 27.2 Å². The fourth-order valence-electron chi connectivity index (χ4n) is 1.61. The molecular weight excluding hydrogens is 286 g/mol. The number of benzene rings is 1. The molecule has 2 aromatic rings. The summed E-state index contributed by atoms with van der Waals surface area (Å²) in [7, 11) is 0. The average Bonchev–Trinajstić information content (AvgIpc) is 2.69. The monoisotopic (exact) mass is 297 g/mol. The van der Waals surface area contributed by atoms with Crippen molar-refractivity contribution < 1.29 is 0 Å². The van der Waals surface area contributed by atoms with Gasteiger partial charge in [-0.05, 0) is 30.8 Å². The molecule has 1 heterocycles. The van der Waals surface area contributed by atoms with Crippen molar-refractivity contribution in [2.24, 2.45) is 5.73 Å². The van der Waals surface area contributed by atoms with E-state index >= 15 is 0 Å². The van der Waals surface area contributed by atoms with Crippen molar-refractivity contribution in [3.8, 4) is 0 Å². The van der Waals surface area contributed by atoms with E-state index < -0.39 is 0 Å². The number of nitrogen functional groups attached to an aromatic ring is 1. The minimum atomic E-state index is -0.267. The maximum Gasteiger partial charge on any atom is 0.343 e. The van der Waals surface area contributed by atoms with E-state index in [4.69, 9.17) is 22.7 Å². The van der Waals surface area contributed by atoms with Crippen LogP contribution in [0.15, 0.2) is 33.0 Å². The summed E-state index contributed by atoms with van der Waals surface area (Å²) < 4.78 is 1.50. The highest BCUT2D eigenvalue weighted by Gasteiger charge is 2.14. The third-order valence-electron chi connectivity index (χ3n) is 2.49. The number of nitrogens with zero attached hydrogens (tertiary/aromatic N) is 2. The van der Waals surface area contributed by atoms with Crippen LogP contribution in [0.4, 0.5) is 0 Å². The first-order chi connectivity index (χ1) is 9.04. The number of aromatic nitrogens is 3.